The van der Waals surface area contributed by atoms with Crippen LogP contribution in [0.15, 0.2) is 6.20 Å². The van der Waals surface area contributed by atoms with Gasteiger partial charge in [-0.05, 0) is 52.7 Å². The number of esters is 1. The minimum Gasteiger partial charge on any atom is -0.616 e. The van der Waals surface area contributed by atoms with E-state index in [9.17, 15) is 9.35 Å². The Balaban J connectivity index is 2.04. The quantitative estimate of drug-likeness (QED) is 0.588. The van der Waals surface area contributed by atoms with Gasteiger partial charge in [0.1, 0.15) is 15.9 Å². The van der Waals surface area contributed by atoms with E-state index in [1.807, 2.05) is 20.8 Å². The fraction of sp³-hybridized carbons (Fsp3) is 0.812. The maximum Gasteiger partial charge on any atom is 0.313 e. The van der Waals surface area contributed by atoms with Crippen molar-refractivity contribution in [2.24, 2.45) is 5.41 Å². The molecule has 0 saturated carbocycles. The van der Waals surface area contributed by atoms with Crippen molar-refractivity contribution >= 4 is 17.1 Å². The topological polar surface area (TPSA) is 89.3 Å². The molecule has 8 heteroatoms. The first kappa shape index (κ1) is 19.2. The number of carbonyl (C=O) groups excluding carboxylic acids is 1. The molecule has 1 saturated heterocycles. The Hall–Kier alpha value is -1.12. The van der Waals surface area contributed by atoms with Gasteiger partial charge < -0.3 is 14.0 Å². The van der Waals surface area contributed by atoms with E-state index in [0.29, 0.717) is 19.0 Å². The fourth-order valence-electron chi connectivity index (χ4n) is 2.07. The number of hydrogen-bond acceptors (Lipinski definition) is 6. The van der Waals surface area contributed by atoms with Crippen molar-refractivity contribution < 1.29 is 18.8 Å². The summed E-state index contributed by atoms with van der Waals surface area (Å²) in [7, 11) is 0. The Bertz CT molecular complexity index is 585. The Morgan fingerprint density at radius 2 is 2.00 bits per heavy atom. The molecular weight excluding hydrogens is 330 g/mol. The third-order valence-corrected chi connectivity index (χ3v) is 6.05. The molecule has 1 aromatic rings. The number of ether oxygens (including phenoxy) is 2. The summed E-state index contributed by atoms with van der Waals surface area (Å²) in [6.45, 7) is 12.2. The third-order valence-electron chi connectivity index (χ3n) is 3.87. The maximum absolute atomic E-state index is 12.5. The van der Waals surface area contributed by atoms with Crippen molar-refractivity contribution in [1.29, 1.82) is 0 Å². The predicted octanol–water partition coefficient (Wildman–Crippen LogP) is 1.64. The van der Waals surface area contributed by atoms with Crippen molar-refractivity contribution in [3.63, 3.8) is 0 Å². The number of carbonyl (C=O) groups is 1. The summed E-state index contributed by atoms with van der Waals surface area (Å²) in [5, 5.41) is 8.22. The molecule has 0 N–H and O–H groups in total. The monoisotopic (exact) mass is 357 g/mol. The van der Waals surface area contributed by atoms with Gasteiger partial charge in [0.15, 0.2) is 6.73 Å². The third kappa shape index (κ3) is 4.29. The van der Waals surface area contributed by atoms with Crippen molar-refractivity contribution in [2.75, 3.05) is 19.0 Å². The van der Waals surface area contributed by atoms with E-state index >= 15 is 0 Å². The Morgan fingerprint density at radius 1 is 1.38 bits per heavy atom. The zero-order valence-corrected chi connectivity index (χ0v) is 16.1. The minimum atomic E-state index is -1.01. The van der Waals surface area contributed by atoms with Crippen LogP contribution in [0.25, 0.3) is 0 Å². The van der Waals surface area contributed by atoms with Gasteiger partial charge in [-0.1, -0.05) is 5.21 Å². The van der Waals surface area contributed by atoms with E-state index in [1.54, 1.807) is 27.0 Å². The average Bonchev–Trinajstić information content (AvgIpc) is 2.86. The zero-order valence-electron chi connectivity index (χ0n) is 15.3. The standard InChI is InChI=1S/C16H27N3O4S/c1-14(2,3)13(20)23-11-19-7-12(17-18-19)16(8-22-9-16)10-24(21)15(4,5)6/h7H,8-11H2,1-6H3/t24-/m1/s1. The van der Waals surface area contributed by atoms with E-state index in [1.165, 1.54) is 4.68 Å². The van der Waals surface area contributed by atoms with Gasteiger partial charge in [0.2, 0.25) is 0 Å². The molecule has 24 heavy (non-hydrogen) atoms. The van der Waals surface area contributed by atoms with Gasteiger partial charge in [-0.25, -0.2) is 4.68 Å². The summed E-state index contributed by atoms with van der Waals surface area (Å²) in [6.07, 6.45) is 1.75. The normalized spacial score (nSPS) is 18.8. The molecule has 1 atom stereocenters. The maximum atomic E-state index is 12.5. The highest BCUT2D eigenvalue weighted by Crippen LogP contribution is 2.35. The molecule has 0 spiro atoms. The number of aromatic nitrogens is 3. The van der Waals surface area contributed by atoms with Crippen LogP contribution >= 0.6 is 0 Å². The largest absolute Gasteiger partial charge is 0.616 e. The van der Waals surface area contributed by atoms with Crippen LogP contribution < -0.4 is 0 Å². The van der Waals surface area contributed by atoms with Crippen molar-refractivity contribution in [2.45, 2.75) is 58.4 Å². The molecule has 1 aliphatic heterocycles. The molecule has 0 radical (unpaired) electrons. The highest BCUT2D eigenvalue weighted by molar-refractivity contribution is 7.92. The second kappa shape index (κ2) is 6.65. The lowest BCUT2D eigenvalue weighted by molar-refractivity contribution is -0.157. The van der Waals surface area contributed by atoms with Crippen molar-refractivity contribution in [1.82, 2.24) is 15.0 Å². The molecular formula is C16H27N3O4S. The molecule has 1 aromatic heterocycles. The Morgan fingerprint density at radius 3 is 2.46 bits per heavy atom. The smallest absolute Gasteiger partial charge is 0.313 e. The van der Waals surface area contributed by atoms with Gasteiger partial charge in [0, 0.05) is 0 Å². The fourth-order valence-corrected chi connectivity index (χ4v) is 3.32. The average molecular weight is 357 g/mol. The second-order valence-electron chi connectivity index (χ2n) is 8.33. The Kier molecular flexibility index (Phi) is 5.32. The van der Waals surface area contributed by atoms with Crippen LogP contribution in [-0.4, -0.2) is 49.2 Å². The van der Waals surface area contributed by atoms with E-state index in [0.717, 1.165) is 5.69 Å². The first-order valence-corrected chi connectivity index (χ1v) is 9.30. The number of rotatable bonds is 5. The molecule has 0 aliphatic carbocycles. The molecule has 0 amide bonds. The van der Waals surface area contributed by atoms with Crippen LogP contribution in [0.1, 0.15) is 47.2 Å². The van der Waals surface area contributed by atoms with Gasteiger partial charge in [-0.15, -0.1) is 5.10 Å². The number of nitrogens with zero attached hydrogens (tertiary/aromatic N) is 3. The van der Waals surface area contributed by atoms with Crippen molar-refractivity contribution in [3.8, 4) is 0 Å². The highest BCUT2D eigenvalue weighted by atomic mass is 32.2. The van der Waals surface area contributed by atoms with E-state index in [2.05, 4.69) is 10.3 Å². The molecule has 7 nitrogen and oxygen atoms in total. The molecule has 0 bridgehead atoms. The van der Waals surface area contributed by atoms with Crippen LogP contribution in [0, 0.1) is 5.41 Å². The first-order chi connectivity index (χ1) is 10.9. The molecule has 1 fully saturated rings. The van der Waals surface area contributed by atoms with Crippen LogP contribution in [-0.2, 0) is 37.6 Å². The second-order valence-corrected chi connectivity index (χ2v) is 10.5. The summed E-state index contributed by atoms with van der Waals surface area (Å²) >= 11 is -1.01. The van der Waals surface area contributed by atoms with Gasteiger partial charge in [0.25, 0.3) is 0 Å². The van der Waals surface area contributed by atoms with E-state index in [4.69, 9.17) is 9.47 Å². The van der Waals surface area contributed by atoms with Crippen LogP contribution in [0.5, 0.6) is 0 Å². The molecule has 136 valence electrons. The molecule has 2 heterocycles. The lowest BCUT2D eigenvalue weighted by atomic mass is 9.85. The van der Waals surface area contributed by atoms with E-state index in [-0.39, 0.29) is 22.9 Å². The SMILES string of the molecule is CC(C)(C)C(=O)OCn1cc(C2(C[S@@+]([O-])C(C)(C)C)COC2)nn1. The van der Waals surface area contributed by atoms with Gasteiger partial charge >= 0.3 is 5.97 Å². The molecule has 2 rings (SSSR count). The Labute approximate surface area is 146 Å². The lowest BCUT2D eigenvalue weighted by Gasteiger charge is -2.41. The molecule has 0 aromatic carbocycles. The summed E-state index contributed by atoms with van der Waals surface area (Å²) in [4.78, 5) is 11.8. The summed E-state index contributed by atoms with van der Waals surface area (Å²) < 4.78 is 24.3. The first-order valence-electron chi connectivity index (χ1n) is 7.98. The summed E-state index contributed by atoms with van der Waals surface area (Å²) in [5.74, 6) is 0.187. The number of hydrogen-bond donors (Lipinski definition) is 0. The van der Waals surface area contributed by atoms with Crippen LogP contribution in [0.3, 0.4) is 0 Å². The summed E-state index contributed by atoms with van der Waals surface area (Å²) in [6, 6.07) is 0. The van der Waals surface area contributed by atoms with Crippen molar-refractivity contribution in [3.05, 3.63) is 11.9 Å². The molecule has 1 aliphatic rings. The summed E-state index contributed by atoms with van der Waals surface area (Å²) in [5.41, 5.74) is -0.196. The van der Waals surface area contributed by atoms with Gasteiger partial charge in [-0.2, -0.15) is 0 Å². The molecule has 0 unspecified atom stereocenters. The van der Waals surface area contributed by atoms with Gasteiger partial charge in [-0.3, -0.25) is 4.79 Å². The minimum absolute atomic E-state index is 0.0163. The zero-order chi connectivity index (χ0) is 18.2. The highest BCUT2D eigenvalue weighted by Gasteiger charge is 2.49. The van der Waals surface area contributed by atoms with Crippen LogP contribution in [0.2, 0.25) is 0 Å². The van der Waals surface area contributed by atoms with Gasteiger partial charge in [0.05, 0.1) is 30.5 Å². The van der Waals surface area contributed by atoms with Crippen LogP contribution in [0.4, 0.5) is 0 Å². The van der Waals surface area contributed by atoms with E-state index < -0.39 is 16.6 Å². The lowest BCUT2D eigenvalue weighted by Crippen LogP contribution is -2.54. The predicted molar refractivity (Wildman–Crippen MR) is 90.8 cm³/mol.